The number of benzene rings is 1. The molecule has 0 aliphatic carbocycles. The van der Waals surface area contributed by atoms with Crippen LogP contribution in [0.3, 0.4) is 0 Å². The van der Waals surface area contributed by atoms with Gasteiger partial charge < -0.3 is 16.8 Å². The molecular formula is C13H16Cl2N4O. The van der Waals surface area contributed by atoms with Gasteiger partial charge in [0.25, 0.3) is 0 Å². The molecule has 0 heterocycles. The van der Waals surface area contributed by atoms with Gasteiger partial charge in [-0.2, -0.15) is 0 Å². The van der Waals surface area contributed by atoms with E-state index in [2.05, 4.69) is 5.32 Å². The molecule has 6 N–H and O–H groups in total. The standard InChI is InChI=1S/C13H16Cl2N4O/c1-6(2)13(18)19-10(20)5-7-8(14)3-4-9(16)11(7)12(15)17/h3-4,17H,5,16,18H2,1-2H3,(H,19,20). The second-order valence-corrected chi connectivity index (χ2v) is 5.23. The Morgan fingerprint density at radius 3 is 2.50 bits per heavy atom. The zero-order chi connectivity index (χ0) is 15.4. The van der Waals surface area contributed by atoms with Gasteiger partial charge in [-0.25, -0.2) is 0 Å². The lowest BCUT2D eigenvalue weighted by atomic mass is 10.0. The first-order valence-corrected chi connectivity index (χ1v) is 6.53. The number of hydrogen-bond donors (Lipinski definition) is 4. The van der Waals surface area contributed by atoms with Crippen LogP contribution in [0.5, 0.6) is 0 Å². The maximum atomic E-state index is 11.9. The summed E-state index contributed by atoms with van der Waals surface area (Å²) >= 11 is 11.8. The van der Waals surface area contributed by atoms with Crippen molar-refractivity contribution in [2.45, 2.75) is 20.3 Å². The number of rotatable bonds is 4. The normalized spacial score (nSPS) is 10.0. The zero-order valence-electron chi connectivity index (χ0n) is 11.2. The van der Waals surface area contributed by atoms with Crippen LogP contribution in [0.2, 0.25) is 5.02 Å². The summed E-state index contributed by atoms with van der Waals surface area (Å²) in [6.07, 6.45) is -0.0672. The number of hydrogen-bond acceptors (Lipinski definition) is 4. The van der Waals surface area contributed by atoms with Gasteiger partial charge in [-0.05, 0) is 37.1 Å². The third kappa shape index (κ3) is 3.88. The summed E-state index contributed by atoms with van der Waals surface area (Å²) in [5.74, 6) is -0.0621. The van der Waals surface area contributed by atoms with Crippen molar-refractivity contribution in [3.8, 4) is 0 Å². The predicted molar refractivity (Wildman–Crippen MR) is 83.0 cm³/mol. The summed E-state index contributed by atoms with van der Waals surface area (Å²) in [5.41, 5.74) is 13.2. The van der Waals surface area contributed by atoms with Gasteiger partial charge >= 0.3 is 0 Å². The number of nitrogen functional groups attached to an aromatic ring is 1. The first-order valence-electron chi connectivity index (χ1n) is 5.78. The van der Waals surface area contributed by atoms with E-state index in [0.29, 0.717) is 16.3 Å². The number of halogens is 2. The van der Waals surface area contributed by atoms with E-state index in [1.54, 1.807) is 26.0 Å². The van der Waals surface area contributed by atoms with Crippen LogP contribution < -0.4 is 16.8 Å². The molecule has 1 amide bonds. The largest absolute Gasteiger partial charge is 0.398 e. The maximum Gasteiger partial charge on any atom is 0.229 e. The minimum Gasteiger partial charge on any atom is -0.398 e. The first-order chi connectivity index (χ1) is 9.23. The molecule has 5 nitrogen and oxygen atoms in total. The Morgan fingerprint density at radius 2 is 2.00 bits per heavy atom. The van der Waals surface area contributed by atoms with E-state index in [-0.39, 0.29) is 28.9 Å². The second-order valence-electron chi connectivity index (χ2n) is 4.44. The van der Waals surface area contributed by atoms with Crippen LogP contribution in [-0.2, 0) is 11.2 Å². The average molecular weight is 315 g/mol. The number of amides is 1. The zero-order valence-corrected chi connectivity index (χ0v) is 12.7. The SMILES string of the molecule is CC(C)=C(N)NC(=O)Cc1c(Cl)ccc(N)c1C(=N)Cl. The van der Waals surface area contributed by atoms with E-state index in [1.165, 1.54) is 0 Å². The number of nitrogens with one attached hydrogen (secondary N) is 2. The fourth-order valence-electron chi connectivity index (χ4n) is 1.55. The highest BCUT2D eigenvalue weighted by molar-refractivity contribution is 6.69. The van der Waals surface area contributed by atoms with Crippen molar-refractivity contribution in [1.29, 1.82) is 5.41 Å². The quantitative estimate of drug-likeness (QED) is 0.506. The van der Waals surface area contributed by atoms with Crippen molar-refractivity contribution in [3.05, 3.63) is 39.7 Å². The molecule has 0 radical (unpaired) electrons. The highest BCUT2D eigenvalue weighted by atomic mass is 35.5. The maximum absolute atomic E-state index is 11.9. The molecule has 1 rings (SSSR count). The molecule has 108 valence electrons. The van der Waals surface area contributed by atoms with Gasteiger partial charge in [-0.1, -0.05) is 23.2 Å². The lowest BCUT2D eigenvalue weighted by molar-refractivity contribution is -0.119. The highest BCUT2D eigenvalue weighted by Gasteiger charge is 2.17. The van der Waals surface area contributed by atoms with Gasteiger partial charge in [0.15, 0.2) is 0 Å². The van der Waals surface area contributed by atoms with Crippen LogP contribution in [0.1, 0.15) is 25.0 Å². The molecule has 0 saturated heterocycles. The molecule has 0 spiro atoms. The highest BCUT2D eigenvalue weighted by Crippen LogP contribution is 2.27. The minimum atomic E-state index is -0.352. The van der Waals surface area contributed by atoms with E-state index < -0.39 is 0 Å². The Kier molecular flexibility index (Phi) is 5.42. The van der Waals surface area contributed by atoms with Crippen LogP contribution >= 0.6 is 23.2 Å². The van der Waals surface area contributed by atoms with Crippen LogP contribution in [-0.4, -0.2) is 11.1 Å². The van der Waals surface area contributed by atoms with Gasteiger partial charge in [0.05, 0.1) is 6.42 Å². The van der Waals surface area contributed by atoms with Gasteiger partial charge in [0.2, 0.25) is 5.91 Å². The van der Waals surface area contributed by atoms with Crippen molar-refractivity contribution >= 4 is 40.0 Å². The Hall–Kier alpha value is -1.72. The Balaban J connectivity index is 3.10. The fourth-order valence-corrected chi connectivity index (χ4v) is 2.00. The average Bonchev–Trinajstić information content (AvgIpc) is 2.33. The van der Waals surface area contributed by atoms with Gasteiger partial charge in [-0.15, -0.1) is 0 Å². The number of allylic oxidation sites excluding steroid dienone is 1. The van der Waals surface area contributed by atoms with Gasteiger partial charge in [-0.3, -0.25) is 10.2 Å². The minimum absolute atomic E-state index is 0.0672. The van der Waals surface area contributed by atoms with E-state index in [0.717, 1.165) is 5.57 Å². The summed E-state index contributed by atoms with van der Waals surface area (Å²) in [7, 11) is 0. The molecule has 0 saturated carbocycles. The van der Waals surface area contributed by atoms with Gasteiger partial charge in [0.1, 0.15) is 11.0 Å². The molecule has 0 aliphatic rings. The summed E-state index contributed by atoms with van der Waals surface area (Å²) in [4.78, 5) is 11.9. The summed E-state index contributed by atoms with van der Waals surface area (Å²) in [5, 5.41) is 10.1. The van der Waals surface area contributed by atoms with Crippen molar-refractivity contribution < 1.29 is 4.79 Å². The Labute approximate surface area is 127 Å². The van der Waals surface area contributed by atoms with E-state index in [1.807, 2.05) is 0 Å². The summed E-state index contributed by atoms with van der Waals surface area (Å²) in [6.45, 7) is 3.56. The molecule has 0 unspecified atom stereocenters. The molecule has 0 bridgehead atoms. The molecule has 20 heavy (non-hydrogen) atoms. The number of carbonyl (C=O) groups excluding carboxylic acids is 1. The number of nitrogens with two attached hydrogens (primary N) is 2. The van der Waals surface area contributed by atoms with Crippen LogP contribution in [0, 0.1) is 5.41 Å². The van der Waals surface area contributed by atoms with Gasteiger partial charge in [0, 0.05) is 16.3 Å². The molecule has 7 heteroatoms. The molecule has 0 aromatic heterocycles. The predicted octanol–water partition coefficient (Wildman–Crippen LogP) is 2.36. The molecule has 1 aromatic carbocycles. The van der Waals surface area contributed by atoms with Crippen molar-refractivity contribution in [2.75, 3.05) is 5.73 Å². The third-order valence-electron chi connectivity index (χ3n) is 2.66. The van der Waals surface area contributed by atoms with Crippen molar-refractivity contribution in [3.63, 3.8) is 0 Å². The molecular weight excluding hydrogens is 299 g/mol. The van der Waals surface area contributed by atoms with E-state index in [4.69, 9.17) is 40.1 Å². The topological polar surface area (TPSA) is 105 Å². The molecule has 0 fully saturated rings. The monoisotopic (exact) mass is 314 g/mol. The molecule has 0 aliphatic heterocycles. The lowest BCUT2D eigenvalue weighted by Crippen LogP contribution is -2.30. The number of carbonyl (C=O) groups is 1. The fraction of sp³-hybridized carbons (Fsp3) is 0.231. The van der Waals surface area contributed by atoms with E-state index in [9.17, 15) is 4.79 Å². The van der Waals surface area contributed by atoms with Crippen LogP contribution in [0.15, 0.2) is 23.5 Å². The van der Waals surface area contributed by atoms with Crippen molar-refractivity contribution in [2.24, 2.45) is 5.73 Å². The van der Waals surface area contributed by atoms with Crippen molar-refractivity contribution in [1.82, 2.24) is 5.32 Å². The van der Waals surface area contributed by atoms with E-state index >= 15 is 0 Å². The lowest BCUT2D eigenvalue weighted by Gasteiger charge is -2.13. The molecule has 0 atom stereocenters. The smallest absolute Gasteiger partial charge is 0.229 e. The number of anilines is 1. The first kappa shape index (κ1) is 16.3. The van der Waals surface area contributed by atoms with Crippen LogP contribution in [0.4, 0.5) is 5.69 Å². The summed E-state index contributed by atoms with van der Waals surface area (Å²) in [6, 6.07) is 3.10. The third-order valence-corrected chi connectivity index (χ3v) is 3.20. The Bertz CT molecular complexity index is 592. The summed E-state index contributed by atoms with van der Waals surface area (Å²) < 4.78 is 0. The second kappa shape index (κ2) is 6.63. The Morgan fingerprint density at radius 1 is 1.40 bits per heavy atom. The van der Waals surface area contributed by atoms with Crippen LogP contribution in [0.25, 0.3) is 0 Å². The molecule has 1 aromatic rings.